The van der Waals surface area contributed by atoms with Crippen LogP contribution in [-0.2, 0) is 12.8 Å². The Morgan fingerprint density at radius 2 is 1.30 bits per heavy atom. The van der Waals surface area contributed by atoms with Gasteiger partial charge in [0.15, 0.2) is 0 Å². The summed E-state index contributed by atoms with van der Waals surface area (Å²) in [6.07, 6.45) is 1.41. The molecule has 0 saturated carbocycles. The summed E-state index contributed by atoms with van der Waals surface area (Å²) in [5, 5.41) is 21.5. The SMILES string of the molecule is Cc1ccc(CC(C)(O)CC(C)(O)Cc2ccccc2)cc1C. The Hall–Kier alpha value is -1.64. The average Bonchev–Trinajstić information content (AvgIpc) is 2.41. The Morgan fingerprint density at radius 1 is 0.739 bits per heavy atom. The maximum atomic E-state index is 10.8. The zero-order chi connectivity index (χ0) is 17.1. The topological polar surface area (TPSA) is 40.5 Å². The van der Waals surface area contributed by atoms with E-state index in [0.717, 1.165) is 11.1 Å². The van der Waals surface area contributed by atoms with Crippen molar-refractivity contribution in [3.63, 3.8) is 0 Å². The van der Waals surface area contributed by atoms with Gasteiger partial charge in [-0.1, -0.05) is 48.5 Å². The van der Waals surface area contributed by atoms with Gasteiger partial charge in [0, 0.05) is 19.3 Å². The number of hydrogen-bond acceptors (Lipinski definition) is 2. The van der Waals surface area contributed by atoms with E-state index >= 15 is 0 Å². The van der Waals surface area contributed by atoms with Crippen molar-refractivity contribution in [2.45, 2.75) is 58.2 Å². The van der Waals surface area contributed by atoms with Gasteiger partial charge in [-0.3, -0.25) is 0 Å². The average molecular weight is 312 g/mol. The van der Waals surface area contributed by atoms with E-state index in [1.165, 1.54) is 11.1 Å². The Morgan fingerprint density at radius 3 is 1.87 bits per heavy atom. The lowest BCUT2D eigenvalue weighted by molar-refractivity contribution is -0.0444. The van der Waals surface area contributed by atoms with Crippen LogP contribution in [0, 0.1) is 13.8 Å². The van der Waals surface area contributed by atoms with Crippen LogP contribution in [-0.4, -0.2) is 21.4 Å². The monoisotopic (exact) mass is 312 g/mol. The summed E-state index contributed by atoms with van der Waals surface area (Å²) in [4.78, 5) is 0. The molecule has 23 heavy (non-hydrogen) atoms. The minimum absolute atomic E-state index is 0.335. The van der Waals surface area contributed by atoms with Crippen molar-refractivity contribution in [3.05, 3.63) is 70.8 Å². The summed E-state index contributed by atoms with van der Waals surface area (Å²) < 4.78 is 0. The molecule has 0 bridgehead atoms. The van der Waals surface area contributed by atoms with Crippen LogP contribution in [0.1, 0.15) is 42.5 Å². The third-order valence-electron chi connectivity index (χ3n) is 4.35. The normalized spacial score (nSPS) is 16.6. The molecule has 2 aromatic carbocycles. The van der Waals surface area contributed by atoms with E-state index in [2.05, 4.69) is 32.0 Å². The molecule has 0 aliphatic heterocycles. The van der Waals surface area contributed by atoms with Gasteiger partial charge in [-0.25, -0.2) is 0 Å². The van der Waals surface area contributed by atoms with E-state index < -0.39 is 11.2 Å². The molecule has 0 amide bonds. The third-order valence-corrected chi connectivity index (χ3v) is 4.35. The van der Waals surface area contributed by atoms with Crippen LogP contribution in [0.15, 0.2) is 48.5 Å². The molecule has 0 heterocycles. The van der Waals surface area contributed by atoms with E-state index in [1.807, 2.05) is 37.3 Å². The summed E-state index contributed by atoms with van der Waals surface area (Å²) >= 11 is 0. The highest BCUT2D eigenvalue weighted by Crippen LogP contribution is 2.27. The van der Waals surface area contributed by atoms with Crippen LogP contribution in [0.5, 0.6) is 0 Å². The summed E-state index contributed by atoms with van der Waals surface area (Å²) in [7, 11) is 0. The molecule has 2 aromatic rings. The Kier molecular flexibility index (Phi) is 5.28. The number of aliphatic hydroxyl groups is 2. The molecule has 124 valence electrons. The van der Waals surface area contributed by atoms with Gasteiger partial charge in [-0.05, 0) is 49.9 Å². The fraction of sp³-hybridized carbons (Fsp3) is 0.429. The first-order valence-corrected chi connectivity index (χ1v) is 8.22. The largest absolute Gasteiger partial charge is 0.390 e. The molecule has 2 atom stereocenters. The molecule has 0 aliphatic rings. The third kappa shape index (κ3) is 5.49. The fourth-order valence-corrected chi connectivity index (χ4v) is 3.33. The van der Waals surface area contributed by atoms with Crippen molar-refractivity contribution < 1.29 is 10.2 Å². The number of rotatable bonds is 6. The van der Waals surface area contributed by atoms with Crippen molar-refractivity contribution in [1.29, 1.82) is 0 Å². The molecule has 2 N–H and O–H groups in total. The van der Waals surface area contributed by atoms with Gasteiger partial charge in [0.1, 0.15) is 0 Å². The van der Waals surface area contributed by atoms with Crippen LogP contribution in [0.4, 0.5) is 0 Å². The van der Waals surface area contributed by atoms with Crippen LogP contribution in [0.25, 0.3) is 0 Å². The quantitative estimate of drug-likeness (QED) is 0.847. The first kappa shape index (κ1) is 17.7. The second-order valence-electron chi connectivity index (χ2n) is 7.43. The predicted octanol–water partition coefficient (Wildman–Crippen LogP) is 3.98. The van der Waals surface area contributed by atoms with Gasteiger partial charge >= 0.3 is 0 Å². The van der Waals surface area contributed by atoms with Gasteiger partial charge in [0.2, 0.25) is 0 Å². The molecule has 0 spiro atoms. The summed E-state index contributed by atoms with van der Waals surface area (Å²) in [6, 6.07) is 16.2. The second kappa shape index (κ2) is 6.86. The maximum Gasteiger partial charge on any atom is 0.0687 e. The van der Waals surface area contributed by atoms with Crippen molar-refractivity contribution in [2.24, 2.45) is 0 Å². The molecular weight excluding hydrogens is 284 g/mol. The van der Waals surface area contributed by atoms with Gasteiger partial charge in [-0.15, -0.1) is 0 Å². The highest BCUT2D eigenvalue weighted by molar-refractivity contribution is 5.30. The molecule has 2 rings (SSSR count). The van der Waals surface area contributed by atoms with Gasteiger partial charge in [0.05, 0.1) is 11.2 Å². The highest BCUT2D eigenvalue weighted by Gasteiger charge is 2.32. The molecule has 0 aliphatic carbocycles. The summed E-state index contributed by atoms with van der Waals surface area (Å²) in [5.74, 6) is 0. The highest BCUT2D eigenvalue weighted by atomic mass is 16.3. The zero-order valence-electron chi connectivity index (χ0n) is 14.6. The van der Waals surface area contributed by atoms with Crippen LogP contribution < -0.4 is 0 Å². The smallest absolute Gasteiger partial charge is 0.0687 e. The van der Waals surface area contributed by atoms with Gasteiger partial charge < -0.3 is 10.2 Å². The predicted molar refractivity (Wildman–Crippen MR) is 95.6 cm³/mol. The molecule has 2 nitrogen and oxygen atoms in total. The number of hydrogen-bond donors (Lipinski definition) is 2. The fourth-order valence-electron chi connectivity index (χ4n) is 3.33. The Balaban J connectivity index is 2.05. The standard InChI is InChI=1S/C21H28O2/c1-16-10-11-19(12-17(16)2)14-21(4,23)15-20(3,22)13-18-8-6-5-7-9-18/h5-12,22-23H,13-15H2,1-4H3. The number of benzene rings is 2. The Labute approximate surface area is 139 Å². The molecule has 0 aromatic heterocycles. The number of aryl methyl sites for hydroxylation is 2. The van der Waals surface area contributed by atoms with Crippen molar-refractivity contribution in [2.75, 3.05) is 0 Å². The first-order chi connectivity index (χ1) is 10.7. The minimum atomic E-state index is -0.944. The van der Waals surface area contributed by atoms with E-state index in [1.54, 1.807) is 6.92 Å². The second-order valence-corrected chi connectivity index (χ2v) is 7.43. The molecule has 0 fully saturated rings. The van der Waals surface area contributed by atoms with Crippen LogP contribution in [0.3, 0.4) is 0 Å². The van der Waals surface area contributed by atoms with E-state index in [4.69, 9.17) is 0 Å². The summed E-state index contributed by atoms with van der Waals surface area (Å²) in [6.45, 7) is 7.78. The van der Waals surface area contributed by atoms with Crippen LogP contribution >= 0.6 is 0 Å². The zero-order valence-corrected chi connectivity index (χ0v) is 14.6. The van der Waals surface area contributed by atoms with Crippen molar-refractivity contribution in [1.82, 2.24) is 0 Å². The minimum Gasteiger partial charge on any atom is -0.390 e. The van der Waals surface area contributed by atoms with E-state index in [9.17, 15) is 10.2 Å². The molecule has 2 heteroatoms. The molecule has 0 radical (unpaired) electrons. The van der Waals surface area contributed by atoms with Crippen molar-refractivity contribution in [3.8, 4) is 0 Å². The van der Waals surface area contributed by atoms with Gasteiger partial charge in [0.25, 0.3) is 0 Å². The van der Waals surface area contributed by atoms with Gasteiger partial charge in [-0.2, -0.15) is 0 Å². The molecule has 2 unspecified atom stereocenters. The van der Waals surface area contributed by atoms with Crippen molar-refractivity contribution >= 4 is 0 Å². The maximum absolute atomic E-state index is 10.8. The first-order valence-electron chi connectivity index (χ1n) is 8.22. The lowest BCUT2D eigenvalue weighted by Crippen LogP contribution is -2.40. The lowest BCUT2D eigenvalue weighted by Gasteiger charge is -2.33. The van der Waals surface area contributed by atoms with Crippen LogP contribution in [0.2, 0.25) is 0 Å². The Bertz CT molecular complexity index is 642. The summed E-state index contributed by atoms with van der Waals surface area (Å²) in [5.41, 5.74) is 2.79. The van der Waals surface area contributed by atoms with E-state index in [0.29, 0.717) is 19.3 Å². The lowest BCUT2D eigenvalue weighted by atomic mass is 9.81. The van der Waals surface area contributed by atoms with E-state index in [-0.39, 0.29) is 0 Å². The molecular formula is C21H28O2. The molecule has 0 saturated heterocycles.